The highest BCUT2D eigenvalue weighted by Gasteiger charge is 2.17. The lowest BCUT2D eigenvalue weighted by Crippen LogP contribution is -2.14. The van der Waals surface area contributed by atoms with E-state index in [1.54, 1.807) is 11.3 Å². The second kappa shape index (κ2) is 5.50. The number of hydrogen-bond donors (Lipinski definition) is 1. The molecule has 0 bridgehead atoms. The predicted molar refractivity (Wildman–Crippen MR) is 77.8 cm³/mol. The van der Waals surface area contributed by atoms with Gasteiger partial charge in [-0.25, -0.2) is 4.98 Å². The van der Waals surface area contributed by atoms with Crippen LogP contribution in [0.25, 0.3) is 0 Å². The summed E-state index contributed by atoms with van der Waals surface area (Å²) < 4.78 is 3.00. The quantitative estimate of drug-likeness (QED) is 0.938. The zero-order chi connectivity index (χ0) is 13.3. The molecule has 4 nitrogen and oxygen atoms in total. The molecule has 1 atom stereocenters. The van der Waals surface area contributed by atoms with Crippen LogP contribution in [0.2, 0.25) is 0 Å². The van der Waals surface area contributed by atoms with Crippen LogP contribution in [0.1, 0.15) is 34.2 Å². The summed E-state index contributed by atoms with van der Waals surface area (Å²) in [5, 5.41) is 5.54. The van der Waals surface area contributed by atoms with Crippen molar-refractivity contribution in [3.05, 3.63) is 31.9 Å². The van der Waals surface area contributed by atoms with Crippen LogP contribution in [-0.4, -0.2) is 14.8 Å². The van der Waals surface area contributed by atoms with Crippen molar-refractivity contribution in [1.82, 2.24) is 14.8 Å². The zero-order valence-electron chi connectivity index (χ0n) is 10.8. The molecule has 2 aromatic heterocycles. The van der Waals surface area contributed by atoms with Crippen molar-refractivity contribution < 1.29 is 0 Å². The molecule has 0 saturated heterocycles. The summed E-state index contributed by atoms with van der Waals surface area (Å²) in [6, 6.07) is -0.0207. The Balaban J connectivity index is 2.21. The van der Waals surface area contributed by atoms with Gasteiger partial charge < -0.3 is 5.73 Å². The molecule has 0 fully saturated rings. The fraction of sp³-hybridized carbons (Fsp3) is 0.500. The molecule has 0 spiro atoms. The third-order valence-corrected chi connectivity index (χ3v) is 4.88. The lowest BCUT2D eigenvalue weighted by molar-refractivity contribution is 0.642. The van der Waals surface area contributed by atoms with E-state index in [1.165, 1.54) is 0 Å². The molecule has 1 unspecified atom stereocenters. The SMILES string of the molecule is CCc1nn(C)c(CC(N)c2cnc(C)s2)c1Br. The molecule has 6 heteroatoms. The van der Waals surface area contributed by atoms with Crippen molar-refractivity contribution in [2.75, 3.05) is 0 Å². The Morgan fingerprint density at radius 2 is 2.28 bits per heavy atom. The summed E-state index contributed by atoms with van der Waals surface area (Å²) in [5.41, 5.74) is 8.46. The van der Waals surface area contributed by atoms with Crippen LogP contribution in [0.5, 0.6) is 0 Å². The van der Waals surface area contributed by atoms with Crippen molar-refractivity contribution in [2.45, 2.75) is 32.7 Å². The van der Waals surface area contributed by atoms with Gasteiger partial charge in [-0.05, 0) is 29.3 Å². The number of rotatable bonds is 4. The van der Waals surface area contributed by atoms with Crippen molar-refractivity contribution in [1.29, 1.82) is 0 Å². The molecule has 0 radical (unpaired) electrons. The summed E-state index contributed by atoms with van der Waals surface area (Å²) in [7, 11) is 1.96. The van der Waals surface area contributed by atoms with Crippen molar-refractivity contribution >= 4 is 27.3 Å². The van der Waals surface area contributed by atoms with Crippen molar-refractivity contribution in [2.24, 2.45) is 12.8 Å². The first-order valence-corrected chi connectivity index (χ1v) is 7.52. The van der Waals surface area contributed by atoms with Gasteiger partial charge in [-0.1, -0.05) is 6.92 Å². The largest absolute Gasteiger partial charge is 0.323 e. The van der Waals surface area contributed by atoms with Gasteiger partial charge in [-0.2, -0.15) is 5.10 Å². The first kappa shape index (κ1) is 13.7. The van der Waals surface area contributed by atoms with Gasteiger partial charge in [0.25, 0.3) is 0 Å². The third-order valence-electron chi connectivity index (χ3n) is 2.92. The zero-order valence-corrected chi connectivity index (χ0v) is 13.2. The minimum atomic E-state index is -0.0207. The number of nitrogens with two attached hydrogens (primary N) is 1. The fourth-order valence-electron chi connectivity index (χ4n) is 1.90. The maximum Gasteiger partial charge on any atom is 0.0897 e. The molecule has 0 aliphatic heterocycles. The van der Waals surface area contributed by atoms with E-state index in [-0.39, 0.29) is 6.04 Å². The molecule has 2 rings (SSSR count). The number of thiazole rings is 1. The topological polar surface area (TPSA) is 56.7 Å². The Bertz CT molecular complexity index is 546. The van der Waals surface area contributed by atoms with Crippen LogP contribution >= 0.6 is 27.3 Å². The molecule has 0 saturated carbocycles. The van der Waals surface area contributed by atoms with E-state index < -0.39 is 0 Å². The van der Waals surface area contributed by atoms with Gasteiger partial charge in [0, 0.05) is 30.6 Å². The number of aryl methyl sites for hydroxylation is 3. The minimum absolute atomic E-state index is 0.0207. The minimum Gasteiger partial charge on any atom is -0.323 e. The van der Waals surface area contributed by atoms with Crippen LogP contribution in [0, 0.1) is 6.92 Å². The van der Waals surface area contributed by atoms with E-state index in [0.717, 1.165) is 38.6 Å². The van der Waals surface area contributed by atoms with E-state index >= 15 is 0 Å². The molecule has 0 amide bonds. The van der Waals surface area contributed by atoms with Crippen molar-refractivity contribution in [3.63, 3.8) is 0 Å². The Morgan fingerprint density at radius 1 is 1.56 bits per heavy atom. The summed E-state index contributed by atoms with van der Waals surface area (Å²) in [6.45, 7) is 4.10. The van der Waals surface area contributed by atoms with E-state index in [9.17, 15) is 0 Å². The van der Waals surface area contributed by atoms with Crippen LogP contribution in [-0.2, 0) is 19.9 Å². The van der Waals surface area contributed by atoms with Crippen LogP contribution in [0.15, 0.2) is 10.7 Å². The normalized spacial score (nSPS) is 12.9. The van der Waals surface area contributed by atoms with Crippen LogP contribution in [0.4, 0.5) is 0 Å². The maximum atomic E-state index is 6.24. The average molecular weight is 329 g/mol. The molecule has 2 heterocycles. The van der Waals surface area contributed by atoms with Gasteiger partial charge in [-0.3, -0.25) is 4.68 Å². The Morgan fingerprint density at radius 3 is 2.78 bits per heavy atom. The van der Waals surface area contributed by atoms with Crippen LogP contribution in [0.3, 0.4) is 0 Å². The second-order valence-electron chi connectivity index (χ2n) is 4.28. The van der Waals surface area contributed by atoms with Gasteiger partial charge in [0.15, 0.2) is 0 Å². The van der Waals surface area contributed by atoms with Gasteiger partial charge in [0.1, 0.15) is 0 Å². The molecule has 0 aromatic carbocycles. The highest BCUT2D eigenvalue weighted by Crippen LogP contribution is 2.27. The molecule has 2 N–H and O–H groups in total. The van der Waals surface area contributed by atoms with Crippen molar-refractivity contribution in [3.8, 4) is 0 Å². The number of aromatic nitrogens is 3. The van der Waals surface area contributed by atoms with Gasteiger partial charge in [0.05, 0.1) is 20.9 Å². The van der Waals surface area contributed by atoms with E-state index in [2.05, 4.69) is 32.9 Å². The Hall–Kier alpha value is -0.720. The molecular formula is C12H17BrN4S. The Labute approximate surface area is 119 Å². The van der Waals surface area contributed by atoms with Gasteiger partial charge in [-0.15, -0.1) is 11.3 Å². The first-order chi connectivity index (χ1) is 8.52. The maximum absolute atomic E-state index is 6.24. The summed E-state index contributed by atoms with van der Waals surface area (Å²) in [6.07, 6.45) is 3.56. The fourth-order valence-corrected chi connectivity index (χ4v) is 3.46. The highest BCUT2D eigenvalue weighted by atomic mass is 79.9. The lowest BCUT2D eigenvalue weighted by atomic mass is 10.1. The number of hydrogen-bond acceptors (Lipinski definition) is 4. The summed E-state index contributed by atoms with van der Waals surface area (Å²) in [4.78, 5) is 5.37. The van der Waals surface area contributed by atoms with E-state index in [1.807, 2.05) is 24.9 Å². The third kappa shape index (κ3) is 2.65. The molecular weight excluding hydrogens is 312 g/mol. The smallest absolute Gasteiger partial charge is 0.0897 e. The molecule has 98 valence electrons. The molecule has 18 heavy (non-hydrogen) atoms. The summed E-state index contributed by atoms with van der Waals surface area (Å²) in [5.74, 6) is 0. The standard InChI is InChI=1S/C12H17BrN4S/c1-4-9-12(13)10(17(3)16-9)5-8(14)11-6-15-7(2)18-11/h6,8H,4-5,14H2,1-3H3. The van der Waals surface area contributed by atoms with Gasteiger partial charge >= 0.3 is 0 Å². The van der Waals surface area contributed by atoms with Crippen LogP contribution < -0.4 is 5.73 Å². The monoisotopic (exact) mass is 328 g/mol. The van der Waals surface area contributed by atoms with E-state index in [4.69, 9.17) is 5.73 Å². The van der Waals surface area contributed by atoms with Gasteiger partial charge in [0.2, 0.25) is 0 Å². The number of nitrogens with zero attached hydrogens (tertiary/aromatic N) is 3. The predicted octanol–water partition coefficient (Wildman–Crippen LogP) is 2.75. The molecule has 0 aliphatic carbocycles. The second-order valence-corrected chi connectivity index (χ2v) is 6.34. The molecule has 2 aromatic rings. The lowest BCUT2D eigenvalue weighted by Gasteiger charge is -2.09. The van der Waals surface area contributed by atoms with E-state index in [0.29, 0.717) is 0 Å². The first-order valence-electron chi connectivity index (χ1n) is 5.91. The number of halogens is 1. The highest BCUT2D eigenvalue weighted by molar-refractivity contribution is 9.10. The molecule has 0 aliphatic rings. The Kier molecular flexibility index (Phi) is 4.19. The average Bonchev–Trinajstić information content (AvgIpc) is 2.87. The summed E-state index contributed by atoms with van der Waals surface area (Å²) >= 11 is 5.28.